The highest BCUT2D eigenvalue weighted by atomic mass is 32.1. The van der Waals surface area contributed by atoms with E-state index in [4.69, 9.17) is 9.72 Å². The Hall–Kier alpha value is -2.99. The van der Waals surface area contributed by atoms with Crippen LogP contribution in [0, 0.1) is 5.92 Å². The molecule has 5 nitrogen and oxygen atoms in total. The molecule has 0 saturated carbocycles. The van der Waals surface area contributed by atoms with Crippen molar-refractivity contribution in [2.24, 2.45) is 5.92 Å². The molecule has 0 N–H and O–H groups in total. The van der Waals surface area contributed by atoms with E-state index in [0.717, 1.165) is 16.0 Å². The Labute approximate surface area is 165 Å². The lowest BCUT2D eigenvalue weighted by molar-refractivity contribution is 0.415. The fourth-order valence-corrected chi connectivity index (χ4v) is 4.32. The van der Waals surface area contributed by atoms with E-state index in [9.17, 15) is 9.59 Å². The van der Waals surface area contributed by atoms with Gasteiger partial charge in [0.1, 0.15) is 21.8 Å². The number of fused-ring (bicyclic) bond motifs is 2. The lowest BCUT2D eigenvalue weighted by Gasteiger charge is -2.15. The van der Waals surface area contributed by atoms with E-state index < -0.39 is 0 Å². The van der Waals surface area contributed by atoms with Gasteiger partial charge in [0.15, 0.2) is 0 Å². The highest BCUT2D eigenvalue weighted by Gasteiger charge is 2.18. The van der Waals surface area contributed by atoms with Crippen molar-refractivity contribution in [1.82, 2.24) is 9.55 Å². The molecule has 28 heavy (non-hydrogen) atoms. The minimum Gasteiger partial charge on any atom is -0.497 e. The molecule has 0 unspecified atom stereocenters. The van der Waals surface area contributed by atoms with Crippen molar-refractivity contribution in [1.29, 1.82) is 0 Å². The summed E-state index contributed by atoms with van der Waals surface area (Å²) < 4.78 is 7.68. The highest BCUT2D eigenvalue weighted by molar-refractivity contribution is 7.24. The molecule has 142 valence electrons. The summed E-state index contributed by atoms with van der Waals surface area (Å²) in [6.45, 7) is 4.56. The van der Waals surface area contributed by atoms with E-state index in [1.54, 1.807) is 17.7 Å². The van der Waals surface area contributed by atoms with Crippen LogP contribution >= 0.6 is 11.3 Å². The molecule has 0 spiro atoms. The highest BCUT2D eigenvalue weighted by Crippen LogP contribution is 2.26. The maximum atomic E-state index is 13.4. The molecule has 0 saturated heterocycles. The van der Waals surface area contributed by atoms with Crippen LogP contribution in [0.25, 0.3) is 31.7 Å². The van der Waals surface area contributed by atoms with E-state index in [1.165, 1.54) is 11.3 Å². The van der Waals surface area contributed by atoms with Crippen molar-refractivity contribution in [2.45, 2.75) is 20.4 Å². The average molecular weight is 392 g/mol. The molecule has 0 aliphatic heterocycles. The van der Waals surface area contributed by atoms with Gasteiger partial charge in [-0.25, -0.2) is 4.98 Å². The van der Waals surface area contributed by atoms with Gasteiger partial charge in [-0.1, -0.05) is 26.0 Å². The van der Waals surface area contributed by atoms with Crippen molar-refractivity contribution >= 4 is 31.6 Å². The number of hydrogen-bond donors (Lipinski definition) is 0. The van der Waals surface area contributed by atoms with Gasteiger partial charge in [-0.15, -0.1) is 11.3 Å². The van der Waals surface area contributed by atoms with Crippen LogP contribution in [0.15, 0.2) is 58.1 Å². The number of hydrogen-bond acceptors (Lipinski definition) is 5. The van der Waals surface area contributed by atoms with Gasteiger partial charge in [-0.3, -0.25) is 14.2 Å². The zero-order valence-corrected chi connectivity index (χ0v) is 16.7. The molecule has 0 aliphatic carbocycles. The van der Waals surface area contributed by atoms with Crippen LogP contribution in [0.2, 0.25) is 0 Å². The van der Waals surface area contributed by atoms with Crippen LogP contribution in [0.3, 0.4) is 0 Å². The number of benzene rings is 2. The molecular weight excluding hydrogens is 372 g/mol. The zero-order valence-electron chi connectivity index (χ0n) is 15.9. The standard InChI is InChI=1S/C22H20N2O3S/c1-13(2)12-24-20(14-8-10-15(27-3)11-9-14)23-21-18(22(24)26)19(25)16-6-4-5-7-17(16)28-21/h4-11,13H,12H2,1-3H3. The molecular formula is C22H20N2O3S. The number of methoxy groups -OCH3 is 1. The van der Waals surface area contributed by atoms with Gasteiger partial charge in [0, 0.05) is 22.2 Å². The van der Waals surface area contributed by atoms with Crippen LogP contribution in [0.5, 0.6) is 5.75 Å². The van der Waals surface area contributed by atoms with E-state index >= 15 is 0 Å². The molecule has 0 amide bonds. The van der Waals surface area contributed by atoms with Crippen molar-refractivity contribution in [3.8, 4) is 17.1 Å². The SMILES string of the molecule is COc1ccc(-c2nc3sc4ccccc4c(=O)c3c(=O)n2CC(C)C)cc1. The number of rotatable bonds is 4. The quantitative estimate of drug-likeness (QED) is 0.486. The number of aromatic nitrogens is 2. The second kappa shape index (κ2) is 7.20. The predicted octanol–water partition coefficient (Wildman–Crippen LogP) is 4.30. The third kappa shape index (κ3) is 3.10. The van der Waals surface area contributed by atoms with E-state index in [1.807, 2.05) is 56.3 Å². The Morgan fingerprint density at radius 1 is 1.07 bits per heavy atom. The molecule has 2 aromatic heterocycles. The first-order valence-corrected chi connectivity index (χ1v) is 9.92. The minimum absolute atomic E-state index is 0.168. The second-order valence-corrected chi connectivity index (χ2v) is 8.11. The monoisotopic (exact) mass is 392 g/mol. The van der Waals surface area contributed by atoms with Gasteiger partial charge in [0.05, 0.1) is 7.11 Å². The van der Waals surface area contributed by atoms with E-state index in [2.05, 4.69) is 0 Å². The van der Waals surface area contributed by atoms with Crippen molar-refractivity contribution in [2.75, 3.05) is 7.11 Å². The van der Waals surface area contributed by atoms with Gasteiger partial charge in [-0.05, 0) is 42.3 Å². The van der Waals surface area contributed by atoms with Crippen LogP contribution in [-0.4, -0.2) is 16.7 Å². The summed E-state index contributed by atoms with van der Waals surface area (Å²) in [6.07, 6.45) is 0. The molecule has 0 bridgehead atoms. The summed E-state index contributed by atoms with van der Waals surface area (Å²) in [7, 11) is 1.61. The fraction of sp³-hybridized carbons (Fsp3) is 0.227. The van der Waals surface area contributed by atoms with Crippen LogP contribution in [-0.2, 0) is 6.54 Å². The zero-order chi connectivity index (χ0) is 19.8. The van der Waals surface area contributed by atoms with Gasteiger partial charge >= 0.3 is 0 Å². The largest absolute Gasteiger partial charge is 0.497 e. The Morgan fingerprint density at radius 2 is 1.79 bits per heavy atom. The summed E-state index contributed by atoms with van der Waals surface area (Å²) >= 11 is 1.37. The Morgan fingerprint density at radius 3 is 2.46 bits per heavy atom. The van der Waals surface area contributed by atoms with Crippen LogP contribution in [0.4, 0.5) is 0 Å². The number of ether oxygens (including phenoxy) is 1. The maximum Gasteiger partial charge on any atom is 0.266 e. The fourth-order valence-electron chi connectivity index (χ4n) is 3.28. The summed E-state index contributed by atoms with van der Waals surface area (Å²) in [5.41, 5.74) is 0.283. The van der Waals surface area contributed by atoms with Gasteiger partial charge in [-0.2, -0.15) is 0 Å². The average Bonchev–Trinajstić information content (AvgIpc) is 2.70. The van der Waals surface area contributed by atoms with Crippen LogP contribution < -0.4 is 15.7 Å². The molecule has 4 rings (SSSR count). The third-order valence-corrected chi connectivity index (χ3v) is 5.66. The number of nitrogens with zero attached hydrogens (tertiary/aromatic N) is 2. The Bertz CT molecular complexity index is 1290. The first-order valence-electron chi connectivity index (χ1n) is 9.10. The normalized spacial score (nSPS) is 11.4. The van der Waals surface area contributed by atoms with Gasteiger partial charge < -0.3 is 4.74 Å². The summed E-state index contributed by atoms with van der Waals surface area (Å²) in [5, 5.41) is 0.730. The van der Waals surface area contributed by atoms with E-state index in [-0.39, 0.29) is 22.3 Å². The summed E-state index contributed by atoms with van der Waals surface area (Å²) in [4.78, 5) is 31.6. The smallest absolute Gasteiger partial charge is 0.266 e. The van der Waals surface area contributed by atoms with Gasteiger partial charge in [0.2, 0.25) is 5.43 Å². The second-order valence-electron chi connectivity index (χ2n) is 7.08. The van der Waals surface area contributed by atoms with Crippen molar-refractivity contribution in [3.63, 3.8) is 0 Å². The van der Waals surface area contributed by atoms with Crippen LogP contribution in [0.1, 0.15) is 13.8 Å². The maximum absolute atomic E-state index is 13.4. The lowest BCUT2D eigenvalue weighted by Crippen LogP contribution is -2.28. The van der Waals surface area contributed by atoms with Crippen molar-refractivity contribution < 1.29 is 4.74 Å². The molecule has 2 aromatic carbocycles. The minimum atomic E-state index is -0.281. The topological polar surface area (TPSA) is 61.2 Å². The first-order chi connectivity index (χ1) is 13.5. The molecule has 2 heterocycles. The Balaban J connectivity index is 2.09. The van der Waals surface area contributed by atoms with Crippen molar-refractivity contribution in [3.05, 3.63) is 69.1 Å². The first kappa shape index (κ1) is 18.4. The lowest BCUT2D eigenvalue weighted by atomic mass is 10.1. The Kier molecular flexibility index (Phi) is 4.73. The molecule has 0 fully saturated rings. The third-order valence-electron chi connectivity index (χ3n) is 4.60. The molecule has 4 aromatic rings. The molecule has 0 radical (unpaired) electrons. The molecule has 0 atom stereocenters. The molecule has 0 aliphatic rings. The van der Waals surface area contributed by atoms with Gasteiger partial charge in [0.25, 0.3) is 5.56 Å². The summed E-state index contributed by atoms with van der Waals surface area (Å²) in [5.74, 6) is 1.53. The molecule has 6 heteroatoms. The summed E-state index contributed by atoms with van der Waals surface area (Å²) in [6, 6.07) is 14.8. The predicted molar refractivity (Wildman–Crippen MR) is 114 cm³/mol. The van der Waals surface area contributed by atoms with E-state index in [0.29, 0.717) is 22.6 Å².